The van der Waals surface area contributed by atoms with E-state index in [1.165, 1.54) is 19.3 Å². The number of rotatable bonds is 8. The Labute approximate surface area is 155 Å². The van der Waals surface area contributed by atoms with E-state index in [1.807, 2.05) is 36.4 Å². The van der Waals surface area contributed by atoms with Crippen LogP contribution in [-0.2, 0) is 11.2 Å². The van der Waals surface area contributed by atoms with Gasteiger partial charge >= 0.3 is 6.03 Å². The summed E-state index contributed by atoms with van der Waals surface area (Å²) in [5.74, 6) is 0.168. The number of nitriles is 1. The molecule has 0 spiro atoms. The van der Waals surface area contributed by atoms with Crippen molar-refractivity contribution >= 4 is 11.9 Å². The van der Waals surface area contributed by atoms with Crippen LogP contribution in [-0.4, -0.2) is 31.1 Å². The van der Waals surface area contributed by atoms with Crippen molar-refractivity contribution in [2.45, 2.75) is 51.0 Å². The van der Waals surface area contributed by atoms with E-state index in [0.717, 1.165) is 24.8 Å². The van der Waals surface area contributed by atoms with Crippen molar-refractivity contribution in [3.05, 3.63) is 35.9 Å². The van der Waals surface area contributed by atoms with Gasteiger partial charge in [-0.1, -0.05) is 62.4 Å². The van der Waals surface area contributed by atoms with Crippen molar-refractivity contribution in [1.29, 1.82) is 5.26 Å². The molecule has 0 aliphatic heterocycles. The van der Waals surface area contributed by atoms with Crippen LogP contribution in [0.25, 0.3) is 0 Å². The van der Waals surface area contributed by atoms with Crippen LogP contribution in [0.2, 0.25) is 0 Å². The van der Waals surface area contributed by atoms with Gasteiger partial charge in [-0.05, 0) is 24.3 Å². The maximum atomic E-state index is 12.3. The van der Waals surface area contributed by atoms with Crippen LogP contribution in [0.5, 0.6) is 0 Å². The Bertz CT molecular complexity index is 606. The van der Waals surface area contributed by atoms with Crippen LogP contribution in [0.1, 0.15) is 44.1 Å². The molecule has 0 aromatic heterocycles. The molecule has 3 N–H and O–H groups in total. The van der Waals surface area contributed by atoms with Crippen LogP contribution < -0.4 is 16.0 Å². The lowest BCUT2D eigenvalue weighted by Crippen LogP contribution is -2.51. The smallest absolute Gasteiger partial charge is 0.315 e. The van der Waals surface area contributed by atoms with Gasteiger partial charge in [-0.3, -0.25) is 4.79 Å². The molecule has 0 radical (unpaired) electrons. The monoisotopic (exact) mass is 356 g/mol. The van der Waals surface area contributed by atoms with Gasteiger partial charge in [-0.15, -0.1) is 0 Å². The number of nitrogens with one attached hydrogen (secondary N) is 3. The highest BCUT2D eigenvalue weighted by molar-refractivity contribution is 5.87. The van der Waals surface area contributed by atoms with Crippen molar-refractivity contribution < 1.29 is 9.59 Å². The molecule has 2 rings (SSSR count). The summed E-state index contributed by atoms with van der Waals surface area (Å²) in [6, 6.07) is 10.9. The van der Waals surface area contributed by atoms with Gasteiger partial charge < -0.3 is 16.0 Å². The average molecular weight is 356 g/mol. The first-order valence-electron chi connectivity index (χ1n) is 9.42. The van der Waals surface area contributed by atoms with E-state index >= 15 is 0 Å². The van der Waals surface area contributed by atoms with Gasteiger partial charge in [-0.25, -0.2) is 4.79 Å². The van der Waals surface area contributed by atoms with E-state index in [9.17, 15) is 9.59 Å². The topological polar surface area (TPSA) is 94.0 Å². The molecular formula is C20H28N4O2. The van der Waals surface area contributed by atoms with E-state index in [2.05, 4.69) is 16.0 Å². The summed E-state index contributed by atoms with van der Waals surface area (Å²) >= 11 is 0. The van der Waals surface area contributed by atoms with Crippen molar-refractivity contribution in [3.63, 3.8) is 0 Å². The van der Waals surface area contributed by atoms with E-state index in [1.54, 1.807) is 0 Å². The third-order valence-corrected chi connectivity index (χ3v) is 4.80. The van der Waals surface area contributed by atoms with Gasteiger partial charge in [0.2, 0.25) is 5.91 Å². The Balaban J connectivity index is 1.82. The number of benzene rings is 1. The van der Waals surface area contributed by atoms with Gasteiger partial charge in [0.25, 0.3) is 0 Å². The maximum Gasteiger partial charge on any atom is 0.315 e. The lowest BCUT2D eigenvalue weighted by molar-refractivity contribution is -0.123. The SMILES string of the molecule is N#CCNC(=O)C(CC1CCCCC1)NC(=O)NCCc1ccccc1. The first-order chi connectivity index (χ1) is 12.7. The molecule has 1 unspecified atom stereocenters. The predicted molar refractivity (Wildman–Crippen MR) is 100 cm³/mol. The predicted octanol–water partition coefficient (Wildman–Crippen LogP) is 2.51. The summed E-state index contributed by atoms with van der Waals surface area (Å²) in [5, 5.41) is 16.8. The largest absolute Gasteiger partial charge is 0.341 e. The number of amides is 3. The molecule has 0 heterocycles. The van der Waals surface area contributed by atoms with Crippen molar-refractivity contribution in [2.24, 2.45) is 5.92 Å². The summed E-state index contributed by atoms with van der Waals surface area (Å²) in [6.07, 6.45) is 7.17. The molecule has 1 aliphatic rings. The number of urea groups is 1. The van der Waals surface area contributed by atoms with Crippen LogP contribution in [0.15, 0.2) is 30.3 Å². The quantitative estimate of drug-likeness (QED) is 0.625. The lowest BCUT2D eigenvalue weighted by Gasteiger charge is -2.26. The Kier molecular flexibility index (Phi) is 8.47. The lowest BCUT2D eigenvalue weighted by atomic mass is 9.84. The number of nitrogens with zero attached hydrogens (tertiary/aromatic N) is 1. The number of carbonyl (C=O) groups excluding carboxylic acids is 2. The second-order valence-electron chi connectivity index (χ2n) is 6.80. The molecule has 1 aromatic carbocycles. The van der Waals surface area contributed by atoms with E-state index in [0.29, 0.717) is 18.9 Å². The second-order valence-corrected chi connectivity index (χ2v) is 6.80. The van der Waals surface area contributed by atoms with Crippen LogP contribution in [0.3, 0.4) is 0 Å². The molecule has 3 amide bonds. The minimum absolute atomic E-state index is 0.0443. The fourth-order valence-electron chi connectivity index (χ4n) is 3.41. The summed E-state index contributed by atoms with van der Waals surface area (Å²) in [4.78, 5) is 24.5. The number of hydrogen-bond acceptors (Lipinski definition) is 3. The third kappa shape index (κ3) is 7.14. The van der Waals surface area contributed by atoms with Gasteiger partial charge in [0.1, 0.15) is 12.6 Å². The Morgan fingerprint density at radius 3 is 2.54 bits per heavy atom. The van der Waals surface area contributed by atoms with Gasteiger partial charge in [0.05, 0.1) is 6.07 Å². The zero-order chi connectivity index (χ0) is 18.6. The molecule has 1 atom stereocenters. The van der Waals surface area contributed by atoms with E-state index < -0.39 is 6.04 Å². The van der Waals surface area contributed by atoms with Gasteiger partial charge in [0.15, 0.2) is 0 Å². The summed E-state index contributed by atoms with van der Waals surface area (Å²) < 4.78 is 0. The van der Waals surface area contributed by atoms with E-state index in [-0.39, 0.29) is 18.5 Å². The minimum Gasteiger partial charge on any atom is -0.341 e. The molecular weight excluding hydrogens is 328 g/mol. The van der Waals surface area contributed by atoms with E-state index in [4.69, 9.17) is 5.26 Å². The summed E-state index contributed by atoms with van der Waals surface area (Å²) in [7, 11) is 0. The zero-order valence-corrected chi connectivity index (χ0v) is 15.2. The fraction of sp³-hybridized carbons (Fsp3) is 0.550. The standard InChI is InChI=1S/C20H28N4O2/c21-12-14-22-19(25)18(15-17-9-5-2-6-10-17)24-20(26)23-13-11-16-7-3-1-4-8-16/h1,3-4,7-8,17-18H,2,5-6,9-11,13-15H2,(H,22,25)(H2,23,24,26). The first-order valence-corrected chi connectivity index (χ1v) is 9.42. The van der Waals surface area contributed by atoms with Crippen LogP contribution in [0, 0.1) is 17.2 Å². The minimum atomic E-state index is -0.594. The highest BCUT2D eigenvalue weighted by Gasteiger charge is 2.25. The average Bonchev–Trinajstić information content (AvgIpc) is 2.67. The highest BCUT2D eigenvalue weighted by atomic mass is 16.2. The molecule has 140 valence electrons. The molecule has 6 nitrogen and oxygen atoms in total. The number of hydrogen-bond donors (Lipinski definition) is 3. The normalized spacial score (nSPS) is 15.5. The number of carbonyl (C=O) groups is 2. The zero-order valence-electron chi connectivity index (χ0n) is 15.2. The van der Waals surface area contributed by atoms with Crippen molar-refractivity contribution in [1.82, 2.24) is 16.0 Å². The molecule has 0 saturated heterocycles. The maximum absolute atomic E-state index is 12.3. The second kappa shape index (κ2) is 11.1. The van der Waals surface area contributed by atoms with Gasteiger partial charge in [0, 0.05) is 6.54 Å². The third-order valence-electron chi connectivity index (χ3n) is 4.80. The Morgan fingerprint density at radius 1 is 1.12 bits per heavy atom. The highest BCUT2D eigenvalue weighted by Crippen LogP contribution is 2.27. The van der Waals surface area contributed by atoms with Crippen molar-refractivity contribution in [2.75, 3.05) is 13.1 Å². The molecule has 1 aliphatic carbocycles. The molecule has 0 bridgehead atoms. The molecule has 6 heteroatoms. The van der Waals surface area contributed by atoms with Crippen LogP contribution >= 0.6 is 0 Å². The summed E-state index contributed by atoms with van der Waals surface area (Å²) in [6.45, 7) is 0.461. The molecule has 1 saturated carbocycles. The molecule has 26 heavy (non-hydrogen) atoms. The van der Waals surface area contributed by atoms with Gasteiger partial charge in [-0.2, -0.15) is 5.26 Å². The first kappa shape index (κ1) is 19.8. The van der Waals surface area contributed by atoms with Crippen molar-refractivity contribution in [3.8, 4) is 6.07 Å². The molecule has 1 aromatic rings. The summed E-state index contributed by atoms with van der Waals surface area (Å²) in [5.41, 5.74) is 1.15. The Hall–Kier alpha value is -2.55. The Morgan fingerprint density at radius 2 is 1.85 bits per heavy atom. The fourth-order valence-corrected chi connectivity index (χ4v) is 3.41. The van der Waals surface area contributed by atoms with Crippen LogP contribution in [0.4, 0.5) is 4.79 Å². The molecule has 1 fully saturated rings.